The standard InChI is InChI=1S/C16H11B/c17-14-9-7-12-5-4-10-2-1-3-11-6-8-13(14)16(12)15(10)11/h1-5,7,9H,6,8H2. The van der Waals surface area contributed by atoms with E-state index in [1.54, 1.807) is 0 Å². The maximum absolute atomic E-state index is 6.12. The van der Waals surface area contributed by atoms with Gasteiger partial charge in [-0.25, -0.2) is 0 Å². The monoisotopic (exact) mass is 214 g/mol. The molecule has 0 aromatic heterocycles. The van der Waals surface area contributed by atoms with Crippen LogP contribution < -0.4 is 5.46 Å². The van der Waals surface area contributed by atoms with Crippen molar-refractivity contribution >= 4 is 34.9 Å². The van der Waals surface area contributed by atoms with Crippen molar-refractivity contribution in [2.75, 3.05) is 0 Å². The SMILES string of the molecule is [B]c1ccc2ccc3cccc4c3c2c1CC4. The third kappa shape index (κ3) is 1.14. The minimum Gasteiger partial charge on any atom is -0.0929 e. The van der Waals surface area contributed by atoms with Gasteiger partial charge in [-0.1, -0.05) is 47.9 Å². The summed E-state index contributed by atoms with van der Waals surface area (Å²) in [6.45, 7) is 0. The van der Waals surface area contributed by atoms with Crippen LogP contribution >= 0.6 is 0 Å². The van der Waals surface area contributed by atoms with Crippen LogP contribution in [0.2, 0.25) is 0 Å². The van der Waals surface area contributed by atoms with Crippen molar-refractivity contribution in [2.24, 2.45) is 0 Å². The highest BCUT2D eigenvalue weighted by molar-refractivity contribution is 6.35. The first-order valence-electron chi connectivity index (χ1n) is 6.06. The third-order valence-corrected chi connectivity index (χ3v) is 3.90. The van der Waals surface area contributed by atoms with Gasteiger partial charge in [-0.15, -0.1) is 0 Å². The number of hydrogen-bond acceptors (Lipinski definition) is 0. The number of hydrogen-bond donors (Lipinski definition) is 0. The summed E-state index contributed by atoms with van der Waals surface area (Å²) in [5.74, 6) is 0. The fraction of sp³-hybridized carbons (Fsp3) is 0.125. The van der Waals surface area contributed by atoms with Crippen molar-refractivity contribution in [3.05, 3.63) is 53.6 Å². The molecule has 78 valence electrons. The Labute approximate surface area is 102 Å². The smallest absolute Gasteiger partial charge is 0.0929 e. The molecule has 1 heteroatoms. The van der Waals surface area contributed by atoms with Gasteiger partial charge in [-0.05, 0) is 45.5 Å². The van der Waals surface area contributed by atoms with Crippen LogP contribution in [0.15, 0.2) is 42.5 Å². The predicted octanol–water partition coefficient (Wildman–Crippen LogP) is 2.89. The molecule has 0 N–H and O–H groups in total. The van der Waals surface area contributed by atoms with E-state index in [-0.39, 0.29) is 0 Å². The quantitative estimate of drug-likeness (QED) is 0.398. The maximum Gasteiger partial charge on any atom is 0.114 e. The molecule has 0 aliphatic heterocycles. The van der Waals surface area contributed by atoms with Crippen molar-refractivity contribution in [3.8, 4) is 0 Å². The number of rotatable bonds is 0. The van der Waals surface area contributed by atoms with Crippen molar-refractivity contribution in [1.82, 2.24) is 0 Å². The van der Waals surface area contributed by atoms with Gasteiger partial charge in [-0.3, -0.25) is 0 Å². The normalized spacial score (nSPS) is 13.6. The summed E-state index contributed by atoms with van der Waals surface area (Å²) in [7, 11) is 6.12. The van der Waals surface area contributed by atoms with E-state index in [0.717, 1.165) is 18.3 Å². The van der Waals surface area contributed by atoms with Crippen molar-refractivity contribution in [3.63, 3.8) is 0 Å². The second-order valence-electron chi connectivity index (χ2n) is 4.81. The van der Waals surface area contributed by atoms with Crippen LogP contribution in [0.25, 0.3) is 21.5 Å². The predicted molar refractivity (Wildman–Crippen MR) is 74.3 cm³/mol. The van der Waals surface area contributed by atoms with Crippen LogP contribution in [0.4, 0.5) is 0 Å². The van der Waals surface area contributed by atoms with E-state index < -0.39 is 0 Å². The van der Waals surface area contributed by atoms with E-state index >= 15 is 0 Å². The molecule has 0 unspecified atom stereocenters. The summed E-state index contributed by atoms with van der Waals surface area (Å²) in [5.41, 5.74) is 3.75. The Morgan fingerprint density at radius 3 is 2.41 bits per heavy atom. The molecular weight excluding hydrogens is 203 g/mol. The zero-order valence-corrected chi connectivity index (χ0v) is 9.53. The summed E-state index contributed by atoms with van der Waals surface area (Å²) in [4.78, 5) is 0. The third-order valence-electron chi connectivity index (χ3n) is 3.90. The molecule has 17 heavy (non-hydrogen) atoms. The molecule has 3 aromatic carbocycles. The van der Waals surface area contributed by atoms with E-state index in [1.807, 2.05) is 6.07 Å². The molecule has 0 bridgehead atoms. The van der Waals surface area contributed by atoms with Crippen LogP contribution in [0.3, 0.4) is 0 Å². The zero-order chi connectivity index (χ0) is 11.4. The van der Waals surface area contributed by atoms with Crippen LogP contribution in [0, 0.1) is 0 Å². The Morgan fingerprint density at radius 1 is 0.765 bits per heavy atom. The molecule has 0 spiro atoms. The molecule has 1 aliphatic rings. The summed E-state index contributed by atoms with van der Waals surface area (Å²) in [6, 6.07) is 15.2. The van der Waals surface area contributed by atoms with E-state index in [1.165, 1.54) is 32.7 Å². The first kappa shape index (κ1) is 9.29. The first-order valence-corrected chi connectivity index (χ1v) is 6.06. The molecule has 0 atom stereocenters. The maximum atomic E-state index is 6.12. The zero-order valence-electron chi connectivity index (χ0n) is 9.53. The molecule has 0 nitrogen and oxygen atoms in total. The van der Waals surface area contributed by atoms with Gasteiger partial charge in [0.25, 0.3) is 0 Å². The number of aryl methyl sites for hydroxylation is 2. The molecule has 2 radical (unpaired) electrons. The van der Waals surface area contributed by atoms with Crippen molar-refractivity contribution in [1.29, 1.82) is 0 Å². The lowest BCUT2D eigenvalue weighted by atomic mass is 9.79. The van der Waals surface area contributed by atoms with Gasteiger partial charge in [0.2, 0.25) is 0 Å². The molecule has 1 aliphatic carbocycles. The molecular formula is C16H11B. The summed E-state index contributed by atoms with van der Waals surface area (Å²) in [6.07, 6.45) is 2.18. The Hall–Kier alpha value is -1.76. The topological polar surface area (TPSA) is 0 Å². The van der Waals surface area contributed by atoms with Crippen LogP contribution in [0.5, 0.6) is 0 Å². The van der Waals surface area contributed by atoms with Crippen molar-refractivity contribution in [2.45, 2.75) is 12.8 Å². The minimum atomic E-state index is 0.944. The lowest BCUT2D eigenvalue weighted by molar-refractivity contribution is 0.974. The largest absolute Gasteiger partial charge is 0.114 e. The molecule has 0 amide bonds. The molecule has 3 aromatic rings. The van der Waals surface area contributed by atoms with Gasteiger partial charge in [0.15, 0.2) is 0 Å². The van der Waals surface area contributed by atoms with Gasteiger partial charge in [-0.2, -0.15) is 0 Å². The van der Waals surface area contributed by atoms with E-state index in [2.05, 4.69) is 36.4 Å². The van der Waals surface area contributed by atoms with Crippen molar-refractivity contribution < 1.29 is 0 Å². The first-order chi connectivity index (χ1) is 8.34. The van der Waals surface area contributed by atoms with E-state index in [0.29, 0.717) is 0 Å². The highest BCUT2D eigenvalue weighted by Crippen LogP contribution is 2.34. The number of benzene rings is 3. The Bertz CT molecular complexity index is 756. The van der Waals surface area contributed by atoms with Gasteiger partial charge in [0.1, 0.15) is 7.85 Å². The van der Waals surface area contributed by atoms with Crippen LogP contribution in [-0.4, -0.2) is 7.85 Å². The van der Waals surface area contributed by atoms with E-state index in [9.17, 15) is 0 Å². The van der Waals surface area contributed by atoms with Gasteiger partial charge >= 0.3 is 0 Å². The lowest BCUT2D eigenvalue weighted by Crippen LogP contribution is -2.14. The minimum absolute atomic E-state index is 0.944. The molecule has 0 saturated heterocycles. The Balaban J connectivity index is 2.39. The van der Waals surface area contributed by atoms with Crippen LogP contribution in [-0.2, 0) is 12.8 Å². The fourth-order valence-electron chi connectivity index (χ4n) is 3.10. The van der Waals surface area contributed by atoms with E-state index in [4.69, 9.17) is 7.85 Å². The fourth-order valence-corrected chi connectivity index (χ4v) is 3.10. The van der Waals surface area contributed by atoms with Gasteiger partial charge in [0, 0.05) is 0 Å². The molecule has 0 saturated carbocycles. The molecule has 0 heterocycles. The Morgan fingerprint density at radius 2 is 1.53 bits per heavy atom. The Kier molecular flexibility index (Phi) is 1.71. The highest BCUT2D eigenvalue weighted by Gasteiger charge is 2.15. The second kappa shape index (κ2) is 3.13. The molecule has 4 rings (SSSR count). The average Bonchev–Trinajstić information content (AvgIpc) is 2.38. The second-order valence-corrected chi connectivity index (χ2v) is 4.81. The lowest BCUT2D eigenvalue weighted by Gasteiger charge is -2.20. The van der Waals surface area contributed by atoms with Crippen LogP contribution in [0.1, 0.15) is 11.1 Å². The summed E-state index contributed by atoms with van der Waals surface area (Å²) >= 11 is 0. The summed E-state index contributed by atoms with van der Waals surface area (Å²) in [5, 5.41) is 5.44. The van der Waals surface area contributed by atoms with Gasteiger partial charge < -0.3 is 0 Å². The highest BCUT2D eigenvalue weighted by atomic mass is 14.2. The van der Waals surface area contributed by atoms with Gasteiger partial charge in [0.05, 0.1) is 0 Å². The molecule has 0 fully saturated rings. The average molecular weight is 214 g/mol. The summed E-state index contributed by atoms with van der Waals surface area (Å²) < 4.78 is 0.